The monoisotopic (exact) mass is 363 g/mol. The Hall–Kier alpha value is -3.41. The highest BCUT2D eigenvalue weighted by molar-refractivity contribution is 5.84. The lowest BCUT2D eigenvalue weighted by molar-refractivity contribution is 0.408. The number of aromatic hydroxyl groups is 1. The molecule has 0 aliphatic heterocycles. The van der Waals surface area contributed by atoms with Crippen LogP contribution in [0.2, 0.25) is 0 Å². The second kappa shape index (κ2) is 7.86. The third-order valence-electron chi connectivity index (χ3n) is 4.28. The molecule has 0 aliphatic rings. The van der Waals surface area contributed by atoms with Gasteiger partial charge in [-0.15, -0.1) is 0 Å². The number of aromatic amines is 1. The van der Waals surface area contributed by atoms with Gasteiger partial charge in [0.1, 0.15) is 5.56 Å². The summed E-state index contributed by atoms with van der Waals surface area (Å²) in [6.07, 6.45) is 1.30. The molecule has 138 valence electrons. The van der Waals surface area contributed by atoms with E-state index >= 15 is 0 Å². The number of aromatic nitrogens is 2. The summed E-state index contributed by atoms with van der Waals surface area (Å²) in [7, 11) is 0. The van der Waals surface area contributed by atoms with Crippen LogP contribution in [0.5, 0.6) is 5.88 Å². The molecule has 0 saturated carbocycles. The van der Waals surface area contributed by atoms with Gasteiger partial charge in [-0.2, -0.15) is 0 Å². The van der Waals surface area contributed by atoms with Gasteiger partial charge in [0.05, 0.1) is 12.2 Å². The highest BCUT2D eigenvalue weighted by Gasteiger charge is 2.13. The van der Waals surface area contributed by atoms with Crippen molar-refractivity contribution < 1.29 is 5.11 Å². The van der Waals surface area contributed by atoms with E-state index in [1.807, 2.05) is 54.6 Å². The highest BCUT2D eigenvalue weighted by atomic mass is 16.3. The molecule has 2 aromatic carbocycles. The largest absolute Gasteiger partial charge is 0.494 e. The first kappa shape index (κ1) is 18.4. The van der Waals surface area contributed by atoms with Crippen LogP contribution in [0.3, 0.4) is 0 Å². The van der Waals surface area contributed by atoms with Crippen molar-refractivity contribution in [2.45, 2.75) is 26.3 Å². The fraction of sp³-hybridized carbons (Fsp3) is 0.190. The lowest BCUT2D eigenvalue weighted by Gasteiger charge is -2.10. The molecule has 1 heterocycles. The van der Waals surface area contributed by atoms with Gasteiger partial charge in [-0.25, -0.2) is 4.79 Å². The zero-order chi connectivity index (χ0) is 19.4. The summed E-state index contributed by atoms with van der Waals surface area (Å²) in [4.78, 5) is 30.9. The summed E-state index contributed by atoms with van der Waals surface area (Å²) in [5.74, 6) is -0.143. The van der Waals surface area contributed by atoms with Gasteiger partial charge in [0, 0.05) is 6.21 Å². The van der Waals surface area contributed by atoms with Crippen molar-refractivity contribution >= 4 is 11.9 Å². The van der Waals surface area contributed by atoms with Crippen molar-refractivity contribution in [3.8, 4) is 5.88 Å². The van der Waals surface area contributed by atoms with Gasteiger partial charge in [-0.1, -0.05) is 62.4 Å². The number of hydrogen-bond acceptors (Lipinski definition) is 4. The number of hydrogen-bond donors (Lipinski definition) is 2. The molecule has 0 saturated heterocycles. The molecule has 0 aliphatic carbocycles. The SMILES string of the molecule is CC(C)c1ccccc1N=Cc1c(O)n(Cc2ccccc2)c(=O)[nH]c1=O. The van der Waals surface area contributed by atoms with Crippen molar-refractivity contribution in [2.75, 3.05) is 0 Å². The van der Waals surface area contributed by atoms with Gasteiger partial charge in [-0.3, -0.25) is 19.3 Å². The molecular weight excluding hydrogens is 342 g/mol. The standard InChI is InChI=1S/C21H21N3O3/c1-14(2)16-10-6-7-11-18(16)22-12-17-19(25)23-21(27)24(20(17)26)13-15-8-4-3-5-9-15/h3-12,14,26H,13H2,1-2H3,(H,23,25,27). The zero-order valence-electron chi connectivity index (χ0n) is 15.2. The molecule has 3 aromatic rings. The molecule has 0 amide bonds. The Morgan fingerprint density at radius 1 is 1.07 bits per heavy atom. The van der Waals surface area contributed by atoms with Crippen LogP contribution in [-0.2, 0) is 6.54 Å². The Morgan fingerprint density at radius 2 is 1.74 bits per heavy atom. The summed E-state index contributed by atoms with van der Waals surface area (Å²) >= 11 is 0. The Morgan fingerprint density at radius 3 is 2.44 bits per heavy atom. The normalized spacial score (nSPS) is 11.4. The van der Waals surface area contributed by atoms with Gasteiger partial charge in [0.2, 0.25) is 5.88 Å². The van der Waals surface area contributed by atoms with Crippen LogP contribution in [0.15, 0.2) is 69.2 Å². The molecular formula is C21H21N3O3. The maximum atomic E-state index is 12.2. The minimum absolute atomic E-state index is 0.0518. The van der Waals surface area contributed by atoms with Crippen LogP contribution in [0.25, 0.3) is 0 Å². The smallest absolute Gasteiger partial charge is 0.331 e. The Bertz CT molecular complexity index is 1080. The van der Waals surface area contributed by atoms with Crippen molar-refractivity contribution in [2.24, 2.45) is 4.99 Å². The second-order valence-electron chi connectivity index (χ2n) is 6.54. The van der Waals surface area contributed by atoms with Gasteiger partial charge in [-0.05, 0) is 23.1 Å². The average molecular weight is 363 g/mol. The van der Waals surface area contributed by atoms with Crippen LogP contribution in [0.1, 0.15) is 36.5 Å². The Kier molecular flexibility index (Phi) is 5.35. The molecule has 2 N–H and O–H groups in total. The van der Waals surface area contributed by atoms with Gasteiger partial charge < -0.3 is 5.11 Å². The van der Waals surface area contributed by atoms with E-state index in [9.17, 15) is 14.7 Å². The minimum atomic E-state index is -0.674. The number of aliphatic imine (C=N–C) groups is 1. The van der Waals surface area contributed by atoms with E-state index in [4.69, 9.17) is 0 Å². The highest BCUT2D eigenvalue weighted by Crippen LogP contribution is 2.26. The first-order chi connectivity index (χ1) is 13.0. The summed E-state index contributed by atoms with van der Waals surface area (Å²) in [6.45, 7) is 4.25. The number of H-pyrrole nitrogens is 1. The van der Waals surface area contributed by atoms with E-state index in [-0.39, 0.29) is 18.0 Å². The van der Waals surface area contributed by atoms with E-state index in [1.165, 1.54) is 6.21 Å². The second-order valence-corrected chi connectivity index (χ2v) is 6.54. The van der Waals surface area contributed by atoms with E-state index in [1.54, 1.807) is 0 Å². The fourth-order valence-electron chi connectivity index (χ4n) is 2.83. The van der Waals surface area contributed by atoms with E-state index in [0.29, 0.717) is 5.69 Å². The van der Waals surface area contributed by atoms with Crippen molar-refractivity contribution in [1.29, 1.82) is 0 Å². The first-order valence-electron chi connectivity index (χ1n) is 8.70. The quantitative estimate of drug-likeness (QED) is 0.683. The van der Waals surface area contributed by atoms with Crippen LogP contribution in [-0.4, -0.2) is 20.9 Å². The summed E-state index contributed by atoms with van der Waals surface area (Å²) in [6, 6.07) is 16.8. The van der Waals surface area contributed by atoms with Crippen molar-refractivity contribution in [1.82, 2.24) is 9.55 Å². The lowest BCUT2D eigenvalue weighted by atomic mass is 10.0. The van der Waals surface area contributed by atoms with Gasteiger partial charge in [0.15, 0.2) is 0 Å². The molecule has 0 bridgehead atoms. The topological polar surface area (TPSA) is 87.4 Å². The van der Waals surface area contributed by atoms with Crippen molar-refractivity contribution in [3.63, 3.8) is 0 Å². The third kappa shape index (κ3) is 4.06. The van der Waals surface area contributed by atoms with E-state index < -0.39 is 17.1 Å². The van der Waals surface area contributed by atoms with Crippen LogP contribution in [0.4, 0.5) is 5.69 Å². The Labute approximate surface area is 156 Å². The Balaban J connectivity index is 2.03. The lowest BCUT2D eigenvalue weighted by Crippen LogP contribution is -2.32. The van der Waals surface area contributed by atoms with Crippen LogP contribution in [0, 0.1) is 0 Å². The average Bonchev–Trinajstić information content (AvgIpc) is 2.66. The predicted molar refractivity (Wildman–Crippen MR) is 106 cm³/mol. The van der Waals surface area contributed by atoms with Crippen molar-refractivity contribution in [3.05, 3.63) is 92.1 Å². The number of para-hydroxylation sites is 1. The predicted octanol–water partition coefficient (Wildman–Crippen LogP) is 3.16. The minimum Gasteiger partial charge on any atom is -0.494 e. The number of nitrogens with one attached hydrogen (secondary N) is 1. The molecule has 0 spiro atoms. The molecule has 6 heteroatoms. The van der Waals surface area contributed by atoms with E-state index in [2.05, 4.69) is 23.8 Å². The number of nitrogens with zero attached hydrogens (tertiary/aromatic N) is 2. The zero-order valence-corrected chi connectivity index (χ0v) is 15.2. The molecule has 3 rings (SSSR count). The van der Waals surface area contributed by atoms with Gasteiger partial charge >= 0.3 is 5.69 Å². The van der Waals surface area contributed by atoms with E-state index in [0.717, 1.165) is 15.7 Å². The maximum absolute atomic E-state index is 12.2. The summed E-state index contributed by atoms with van der Waals surface area (Å²) in [5.41, 5.74) is 1.18. The molecule has 0 fully saturated rings. The molecule has 0 radical (unpaired) electrons. The van der Waals surface area contributed by atoms with Crippen LogP contribution < -0.4 is 11.2 Å². The third-order valence-corrected chi connectivity index (χ3v) is 4.28. The molecule has 6 nitrogen and oxygen atoms in total. The first-order valence-corrected chi connectivity index (χ1v) is 8.70. The number of benzene rings is 2. The summed E-state index contributed by atoms with van der Waals surface area (Å²) in [5, 5.41) is 10.5. The maximum Gasteiger partial charge on any atom is 0.331 e. The summed E-state index contributed by atoms with van der Waals surface area (Å²) < 4.78 is 1.12. The number of rotatable bonds is 5. The fourth-order valence-corrected chi connectivity index (χ4v) is 2.83. The molecule has 0 atom stereocenters. The van der Waals surface area contributed by atoms with Crippen LogP contribution >= 0.6 is 0 Å². The van der Waals surface area contributed by atoms with Gasteiger partial charge in [0.25, 0.3) is 5.56 Å². The molecule has 27 heavy (non-hydrogen) atoms. The molecule has 1 aromatic heterocycles. The molecule has 0 unspecified atom stereocenters.